The van der Waals surface area contributed by atoms with E-state index in [2.05, 4.69) is 21.3 Å². The minimum absolute atomic E-state index is 0.197. The van der Waals surface area contributed by atoms with Crippen molar-refractivity contribution in [3.8, 4) is 0 Å². The molecule has 0 bridgehead atoms. The lowest BCUT2D eigenvalue weighted by Crippen LogP contribution is -2.44. The van der Waals surface area contributed by atoms with Crippen LogP contribution in [0.3, 0.4) is 0 Å². The van der Waals surface area contributed by atoms with Crippen molar-refractivity contribution in [2.45, 2.75) is 26.9 Å². The molecule has 0 aromatic carbocycles. The van der Waals surface area contributed by atoms with E-state index >= 15 is 0 Å². The van der Waals surface area contributed by atoms with Crippen LogP contribution in [0.25, 0.3) is 0 Å². The zero-order valence-corrected chi connectivity index (χ0v) is 11.5. The lowest BCUT2D eigenvalue weighted by Gasteiger charge is -2.34. The van der Waals surface area contributed by atoms with Crippen molar-refractivity contribution >= 4 is 5.69 Å². The number of aliphatic hydroxyl groups is 1. The highest BCUT2D eigenvalue weighted by Crippen LogP contribution is 2.36. The summed E-state index contributed by atoms with van der Waals surface area (Å²) < 4.78 is 0. The molecule has 0 radical (unpaired) electrons. The largest absolute Gasteiger partial charge is 0.386 e. The van der Waals surface area contributed by atoms with Crippen LogP contribution in [0.2, 0.25) is 0 Å². The van der Waals surface area contributed by atoms with Crippen LogP contribution in [-0.4, -0.2) is 36.3 Å². The van der Waals surface area contributed by atoms with Crippen LogP contribution < -0.4 is 10.2 Å². The van der Waals surface area contributed by atoms with Gasteiger partial charge in [0.05, 0.1) is 11.4 Å². The Kier molecular flexibility index (Phi) is 3.88. The SMILES string of the molecule is CC(C)(C)C(O)c1ncccc1N1CCNCC1. The Hall–Kier alpha value is -1.13. The number of pyridine rings is 1. The summed E-state index contributed by atoms with van der Waals surface area (Å²) in [6, 6.07) is 4.00. The highest BCUT2D eigenvalue weighted by atomic mass is 16.3. The fourth-order valence-corrected chi connectivity index (χ4v) is 2.20. The predicted octanol–water partition coefficient (Wildman–Crippen LogP) is 1.57. The molecule has 2 rings (SSSR count). The highest BCUT2D eigenvalue weighted by Gasteiger charge is 2.28. The quantitative estimate of drug-likeness (QED) is 0.835. The van der Waals surface area contributed by atoms with Crippen molar-refractivity contribution in [2.24, 2.45) is 5.41 Å². The van der Waals surface area contributed by atoms with E-state index in [0.29, 0.717) is 0 Å². The Morgan fingerprint density at radius 1 is 1.33 bits per heavy atom. The molecule has 0 saturated carbocycles. The van der Waals surface area contributed by atoms with Crippen LogP contribution in [0.4, 0.5) is 5.69 Å². The maximum Gasteiger partial charge on any atom is 0.103 e. The third-order valence-electron chi connectivity index (χ3n) is 3.35. The van der Waals surface area contributed by atoms with E-state index in [0.717, 1.165) is 37.6 Å². The monoisotopic (exact) mass is 249 g/mol. The van der Waals surface area contributed by atoms with Gasteiger partial charge in [-0.1, -0.05) is 20.8 Å². The number of nitrogens with zero attached hydrogens (tertiary/aromatic N) is 2. The van der Waals surface area contributed by atoms with Gasteiger partial charge in [-0.25, -0.2) is 0 Å². The molecule has 4 heteroatoms. The summed E-state index contributed by atoms with van der Waals surface area (Å²) in [5.41, 5.74) is 1.67. The summed E-state index contributed by atoms with van der Waals surface area (Å²) >= 11 is 0. The zero-order valence-electron chi connectivity index (χ0n) is 11.5. The fourth-order valence-electron chi connectivity index (χ4n) is 2.20. The minimum atomic E-state index is -0.538. The predicted molar refractivity (Wildman–Crippen MR) is 73.7 cm³/mol. The van der Waals surface area contributed by atoms with Gasteiger partial charge < -0.3 is 15.3 Å². The van der Waals surface area contributed by atoms with Crippen LogP contribution in [0, 0.1) is 5.41 Å². The molecule has 1 aliphatic heterocycles. The van der Waals surface area contributed by atoms with Crippen molar-refractivity contribution in [2.75, 3.05) is 31.1 Å². The minimum Gasteiger partial charge on any atom is -0.386 e. The van der Waals surface area contributed by atoms with E-state index in [4.69, 9.17) is 0 Å². The number of hydrogen-bond donors (Lipinski definition) is 2. The summed E-state index contributed by atoms with van der Waals surface area (Å²) in [6.45, 7) is 10.0. The second-order valence-electron chi connectivity index (χ2n) is 5.91. The molecule has 1 fully saturated rings. The Labute approximate surface area is 109 Å². The molecule has 1 saturated heterocycles. The van der Waals surface area contributed by atoms with E-state index in [1.54, 1.807) is 6.20 Å². The second kappa shape index (κ2) is 5.24. The van der Waals surface area contributed by atoms with E-state index in [1.165, 1.54) is 0 Å². The van der Waals surface area contributed by atoms with E-state index in [1.807, 2.05) is 26.8 Å². The molecule has 1 aromatic rings. The lowest BCUT2D eigenvalue weighted by molar-refractivity contribution is 0.0593. The van der Waals surface area contributed by atoms with Crippen molar-refractivity contribution in [1.29, 1.82) is 0 Å². The number of piperazine rings is 1. The summed E-state index contributed by atoms with van der Waals surface area (Å²) in [5, 5.41) is 13.8. The summed E-state index contributed by atoms with van der Waals surface area (Å²) in [5.74, 6) is 0. The van der Waals surface area contributed by atoms with Crippen LogP contribution in [0.5, 0.6) is 0 Å². The van der Waals surface area contributed by atoms with Gasteiger partial charge in [0.15, 0.2) is 0 Å². The van der Waals surface area contributed by atoms with Crippen LogP contribution >= 0.6 is 0 Å². The molecule has 0 spiro atoms. The maximum absolute atomic E-state index is 10.5. The first-order valence-electron chi connectivity index (χ1n) is 6.59. The van der Waals surface area contributed by atoms with Gasteiger partial charge in [0, 0.05) is 32.4 Å². The fraction of sp³-hybridized carbons (Fsp3) is 0.643. The summed E-state index contributed by atoms with van der Waals surface area (Å²) in [4.78, 5) is 6.71. The van der Waals surface area contributed by atoms with Crippen LogP contribution in [-0.2, 0) is 0 Å². The average molecular weight is 249 g/mol. The first-order valence-corrected chi connectivity index (χ1v) is 6.59. The van der Waals surface area contributed by atoms with Gasteiger partial charge in [0.2, 0.25) is 0 Å². The summed E-state index contributed by atoms with van der Waals surface area (Å²) in [7, 11) is 0. The number of nitrogens with one attached hydrogen (secondary N) is 1. The van der Waals surface area contributed by atoms with Gasteiger partial charge in [-0.15, -0.1) is 0 Å². The Morgan fingerprint density at radius 2 is 2.00 bits per heavy atom. The lowest BCUT2D eigenvalue weighted by atomic mass is 9.86. The average Bonchev–Trinajstić information content (AvgIpc) is 2.38. The smallest absolute Gasteiger partial charge is 0.103 e. The molecule has 1 unspecified atom stereocenters. The van der Waals surface area contributed by atoms with Gasteiger partial charge in [-0.3, -0.25) is 4.98 Å². The van der Waals surface area contributed by atoms with E-state index in [9.17, 15) is 5.11 Å². The number of aromatic nitrogens is 1. The molecule has 1 aliphatic rings. The zero-order chi connectivity index (χ0) is 13.2. The number of hydrogen-bond acceptors (Lipinski definition) is 4. The molecule has 0 amide bonds. The Morgan fingerprint density at radius 3 is 2.61 bits per heavy atom. The standard InChI is InChI=1S/C14H23N3O/c1-14(2,3)13(18)12-11(5-4-6-16-12)17-9-7-15-8-10-17/h4-6,13,15,18H,7-10H2,1-3H3. The number of anilines is 1. The van der Waals surface area contributed by atoms with Gasteiger partial charge in [-0.05, 0) is 17.5 Å². The van der Waals surface area contributed by atoms with Crippen LogP contribution in [0.15, 0.2) is 18.3 Å². The normalized spacial score (nSPS) is 18.8. The Balaban J connectivity index is 2.30. The maximum atomic E-state index is 10.5. The molecule has 4 nitrogen and oxygen atoms in total. The van der Waals surface area contributed by atoms with Gasteiger partial charge in [0.25, 0.3) is 0 Å². The third-order valence-corrected chi connectivity index (χ3v) is 3.35. The highest BCUT2D eigenvalue weighted by molar-refractivity contribution is 5.52. The molecule has 0 aliphatic carbocycles. The molecule has 100 valence electrons. The second-order valence-corrected chi connectivity index (χ2v) is 5.91. The molecule has 1 atom stereocenters. The van der Waals surface area contributed by atoms with E-state index in [-0.39, 0.29) is 5.41 Å². The van der Waals surface area contributed by atoms with Crippen LogP contribution in [0.1, 0.15) is 32.6 Å². The van der Waals surface area contributed by atoms with E-state index < -0.39 is 6.10 Å². The van der Waals surface area contributed by atoms with Crippen molar-refractivity contribution in [3.05, 3.63) is 24.0 Å². The summed E-state index contributed by atoms with van der Waals surface area (Å²) in [6.07, 6.45) is 1.22. The molecular formula is C14H23N3O. The number of rotatable bonds is 2. The number of aliphatic hydroxyl groups excluding tert-OH is 1. The van der Waals surface area contributed by atoms with Gasteiger partial charge in [0.1, 0.15) is 6.10 Å². The molecule has 2 N–H and O–H groups in total. The van der Waals surface area contributed by atoms with Crippen molar-refractivity contribution < 1.29 is 5.11 Å². The molecule has 2 heterocycles. The van der Waals surface area contributed by atoms with Crippen molar-refractivity contribution in [1.82, 2.24) is 10.3 Å². The third kappa shape index (κ3) is 2.82. The first-order chi connectivity index (χ1) is 8.50. The van der Waals surface area contributed by atoms with Gasteiger partial charge >= 0.3 is 0 Å². The molecule has 1 aromatic heterocycles. The topological polar surface area (TPSA) is 48.4 Å². The molecule has 18 heavy (non-hydrogen) atoms. The Bertz CT molecular complexity index is 394. The van der Waals surface area contributed by atoms with Crippen molar-refractivity contribution in [3.63, 3.8) is 0 Å². The van der Waals surface area contributed by atoms with Gasteiger partial charge in [-0.2, -0.15) is 0 Å². The first kappa shape index (κ1) is 13.3. The molecular weight excluding hydrogens is 226 g/mol.